The van der Waals surface area contributed by atoms with Gasteiger partial charge in [-0.05, 0) is 37.5 Å². The molecule has 1 fully saturated rings. The molecule has 1 saturated heterocycles. The van der Waals surface area contributed by atoms with Crippen LogP contribution in [0.25, 0.3) is 0 Å². The zero-order chi connectivity index (χ0) is 17.8. The number of benzene rings is 1. The number of carbonyl (C=O) groups excluding carboxylic acids is 1. The van der Waals surface area contributed by atoms with Crippen LogP contribution in [0.3, 0.4) is 0 Å². The van der Waals surface area contributed by atoms with Crippen LogP contribution in [0.15, 0.2) is 30.5 Å². The summed E-state index contributed by atoms with van der Waals surface area (Å²) in [6.45, 7) is 3.31. The molecule has 1 aliphatic heterocycles. The van der Waals surface area contributed by atoms with Gasteiger partial charge in [-0.3, -0.25) is 14.3 Å². The molecule has 2 aromatic rings. The monoisotopic (exact) mass is 343 g/mol. The summed E-state index contributed by atoms with van der Waals surface area (Å²) in [5.41, 5.74) is 2.56. The third kappa shape index (κ3) is 4.06. The van der Waals surface area contributed by atoms with Gasteiger partial charge in [-0.1, -0.05) is 12.1 Å². The molecular weight excluding hydrogens is 322 g/mol. The molecule has 0 bridgehead atoms. The van der Waals surface area contributed by atoms with E-state index in [0.29, 0.717) is 30.0 Å². The Labute approximate surface area is 145 Å². The highest BCUT2D eigenvalue weighted by Crippen LogP contribution is 2.23. The number of nitrogens with zero attached hydrogens (tertiary/aromatic N) is 2. The van der Waals surface area contributed by atoms with Crippen molar-refractivity contribution in [3.8, 4) is 0 Å². The standard InChI is InChI=1S/C18H21N3O4/c1-12-16(11-19-21(12)15-5-7-25-8-6-15)18(24)20-14-4-2-3-13(9-14)10-17(22)23/h2-4,9,11,15H,5-8,10H2,1H3,(H,20,24)(H,22,23). The molecule has 0 unspecified atom stereocenters. The first kappa shape index (κ1) is 17.2. The number of hydrogen-bond donors (Lipinski definition) is 2. The highest BCUT2D eigenvalue weighted by molar-refractivity contribution is 6.04. The molecule has 3 rings (SSSR count). The van der Waals surface area contributed by atoms with Gasteiger partial charge in [0.1, 0.15) is 0 Å². The van der Waals surface area contributed by atoms with Gasteiger partial charge in [-0.2, -0.15) is 5.10 Å². The summed E-state index contributed by atoms with van der Waals surface area (Å²) in [7, 11) is 0. The van der Waals surface area contributed by atoms with Crippen molar-refractivity contribution < 1.29 is 19.4 Å². The Bertz CT molecular complexity index is 778. The maximum atomic E-state index is 12.6. The molecular formula is C18H21N3O4. The van der Waals surface area contributed by atoms with Crippen molar-refractivity contribution in [3.05, 3.63) is 47.3 Å². The van der Waals surface area contributed by atoms with Crippen LogP contribution >= 0.6 is 0 Å². The Hall–Kier alpha value is -2.67. The van der Waals surface area contributed by atoms with Gasteiger partial charge in [0, 0.05) is 24.6 Å². The minimum absolute atomic E-state index is 0.0789. The summed E-state index contributed by atoms with van der Waals surface area (Å²) in [5, 5.41) is 16.1. The first-order chi connectivity index (χ1) is 12.0. The molecule has 25 heavy (non-hydrogen) atoms. The lowest BCUT2D eigenvalue weighted by Gasteiger charge is -2.23. The number of aliphatic carboxylic acids is 1. The second-order valence-electron chi connectivity index (χ2n) is 6.16. The molecule has 1 aromatic heterocycles. The van der Waals surface area contributed by atoms with Crippen LogP contribution in [0.5, 0.6) is 0 Å². The Morgan fingerprint density at radius 1 is 1.36 bits per heavy atom. The lowest BCUT2D eigenvalue weighted by atomic mass is 10.1. The van der Waals surface area contributed by atoms with Crippen LogP contribution in [0.2, 0.25) is 0 Å². The fourth-order valence-electron chi connectivity index (χ4n) is 3.08. The third-order valence-electron chi connectivity index (χ3n) is 4.37. The summed E-state index contributed by atoms with van der Waals surface area (Å²) in [4.78, 5) is 23.4. The second kappa shape index (κ2) is 7.48. The van der Waals surface area contributed by atoms with Crippen molar-refractivity contribution in [2.75, 3.05) is 18.5 Å². The maximum Gasteiger partial charge on any atom is 0.307 e. The fourth-order valence-corrected chi connectivity index (χ4v) is 3.08. The molecule has 0 aliphatic carbocycles. The summed E-state index contributed by atoms with van der Waals surface area (Å²) in [6, 6.07) is 7.12. The SMILES string of the molecule is Cc1c(C(=O)Nc2cccc(CC(=O)O)c2)cnn1C1CCOCC1. The van der Waals surface area contributed by atoms with Crippen molar-refractivity contribution in [2.24, 2.45) is 0 Å². The van der Waals surface area contributed by atoms with Gasteiger partial charge in [0.2, 0.25) is 0 Å². The number of ether oxygens (including phenoxy) is 1. The molecule has 1 amide bonds. The van der Waals surface area contributed by atoms with Crippen molar-refractivity contribution in [1.29, 1.82) is 0 Å². The van der Waals surface area contributed by atoms with Gasteiger partial charge >= 0.3 is 5.97 Å². The Morgan fingerprint density at radius 3 is 2.84 bits per heavy atom. The number of rotatable bonds is 5. The zero-order valence-electron chi connectivity index (χ0n) is 14.1. The highest BCUT2D eigenvalue weighted by Gasteiger charge is 2.22. The van der Waals surface area contributed by atoms with Gasteiger partial charge in [0.15, 0.2) is 0 Å². The highest BCUT2D eigenvalue weighted by atomic mass is 16.5. The number of carboxylic acids is 1. The molecule has 7 heteroatoms. The Morgan fingerprint density at radius 2 is 2.12 bits per heavy atom. The van der Waals surface area contributed by atoms with E-state index in [0.717, 1.165) is 18.5 Å². The van der Waals surface area contributed by atoms with Crippen molar-refractivity contribution in [1.82, 2.24) is 9.78 Å². The zero-order valence-corrected chi connectivity index (χ0v) is 14.1. The molecule has 0 radical (unpaired) electrons. The largest absolute Gasteiger partial charge is 0.481 e. The predicted molar refractivity (Wildman–Crippen MR) is 91.8 cm³/mol. The summed E-state index contributed by atoms with van der Waals surface area (Å²) in [5.74, 6) is -1.15. The molecule has 2 heterocycles. The summed E-state index contributed by atoms with van der Waals surface area (Å²) >= 11 is 0. The van der Waals surface area contributed by atoms with Crippen LogP contribution in [0, 0.1) is 6.92 Å². The van der Waals surface area contributed by atoms with Crippen molar-refractivity contribution in [3.63, 3.8) is 0 Å². The number of amides is 1. The molecule has 7 nitrogen and oxygen atoms in total. The number of carboxylic acid groups (broad SMARTS) is 1. The fraction of sp³-hybridized carbons (Fsp3) is 0.389. The molecule has 2 N–H and O–H groups in total. The number of anilines is 1. The number of aromatic nitrogens is 2. The average molecular weight is 343 g/mol. The van der Waals surface area contributed by atoms with E-state index in [1.165, 1.54) is 0 Å². The topological polar surface area (TPSA) is 93.5 Å². The summed E-state index contributed by atoms with van der Waals surface area (Å²) in [6.07, 6.45) is 3.28. The van der Waals surface area contributed by atoms with Crippen molar-refractivity contribution in [2.45, 2.75) is 32.2 Å². The quantitative estimate of drug-likeness (QED) is 0.869. The summed E-state index contributed by atoms with van der Waals surface area (Å²) < 4.78 is 7.27. The van der Waals surface area contributed by atoms with E-state index in [1.54, 1.807) is 30.5 Å². The average Bonchev–Trinajstić information content (AvgIpc) is 2.97. The van der Waals surface area contributed by atoms with Gasteiger partial charge in [0.05, 0.1) is 24.2 Å². The third-order valence-corrected chi connectivity index (χ3v) is 4.37. The van der Waals surface area contributed by atoms with E-state index in [2.05, 4.69) is 10.4 Å². The number of hydrogen-bond acceptors (Lipinski definition) is 4. The Kier molecular flexibility index (Phi) is 5.14. The van der Waals surface area contributed by atoms with Crippen LogP contribution in [0.4, 0.5) is 5.69 Å². The number of nitrogens with one attached hydrogen (secondary N) is 1. The smallest absolute Gasteiger partial charge is 0.307 e. The van der Waals surface area contributed by atoms with Crippen LogP contribution < -0.4 is 5.32 Å². The van der Waals surface area contributed by atoms with E-state index in [4.69, 9.17) is 9.84 Å². The van der Waals surface area contributed by atoms with Gasteiger partial charge in [-0.15, -0.1) is 0 Å². The first-order valence-corrected chi connectivity index (χ1v) is 8.28. The maximum absolute atomic E-state index is 12.6. The molecule has 1 aromatic carbocycles. The van der Waals surface area contributed by atoms with Gasteiger partial charge in [0.25, 0.3) is 5.91 Å². The van der Waals surface area contributed by atoms with E-state index >= 15 is 0 Å². The van der Waals surface area contributed by atoms with E-state index in [9.17, 15) is 9.59 Å². The first-order valence-electron chi connectivity index (χ1n) is 8.28. The van der Waals surface area contributed by atoms with E-state index in [1.807, 2.05) is 11.6 Å². The molecule has 0 spiro atoms. The van der Waals surface area contributed by atoms with E-state index < -0.39 is 5.97 Å². The number of carbonyl (C=O) groups is 2. The van der Waals surface area contributed by atoms with Crippen LogP contribution in [0.1, 0.15) is 40.5 Å². The normalized spacial score (nSPS) is 15.1. The molecule has 132 valence electrons. The minimum Gasteiger partial charge on any atom is -0.481 e. The lowest BCUT2D eigenvalue weighted by molar-refractivity contribution is -0.136. The van der Waals surface area contributed by atoms with Gasteiger partial charge in [-0.25, -0.2) is 0 Å². The minimum atomic E-state index is -0.906. The lowest BCUT2D eigenvalue weighted by Crippen LogP contribution is -2.22. The van der Waals surface area contributed by atoms with Crippen molar-refractivity contribution >= 4 is 17.6 Å². The van der Waals surface area contributed by atoms with Gasteiger partial charge < -0.3 is 15.2 Å². The second-order valence-corrected chi connectivity index (χ2v) is 6.16. The van der Waals surface area contributed by atoms with E-state index in [-0.39, 0.29) is 18.4 Å². The van der Waals surface area contributed by atoms with Crippen LogP contribution in [-0.4, -0.2) is 40.0 Å². The molecule has 0 atom stereocenters. The molecule has 0 saturated carbocycles. The Balaban J connectivity index is 1.73. The van der Waals surface area contributed by atoms with Crippen LogP contribution in [-0.2, 0) is 16.0 Å². The molecule has 1 aliphatic rings. The predicted octanol–water partition coefficient (Wildman–Crippen LogP) is 2.42.